The second kappa shape index (κ2) is 5.95. The van der Waals surface area contributed by atoms with Crippen molar-refractivity contribution in [1.82, 2.24) is 0 Å². The minimum Gasteiger partial charge on any atom is -0.455 e. The van der Waals surface area contributed by atoms with Gasteiger partial charge in [-0.2, -0.15) is 0 Å². The van der Waals surface area contributed by atoms with Crippen LogP contribution in [0.4, 0.5) is 10.1 Å². The minimum atomic E-state index is -0.784. The Balaban J connectivity index is 2.40. The minimum absolute atomic E-state index is 0.0445. The molecule has 0 radical (unpaired) electrons. The summed E-state index contributed by atoms with van der Waals surface area (Å²) in [7, 11) is 0. The largest absolute Gasteiger partial charge is 0.455 e. The Morgan fingerprint density at radius 1 is 1.15 bits per heavy atom. The molecule has 0 bridgehead atoms. The molecule has 2 aromatic rings. The van der Waals surface area contributed by atoms with Crippen LogP contribution in [0.2, 0.25) is 10.0 Å². The third-order valence-electron chi connectivity index (χ3n) is 2.27. The lowest BCUT2D eigenvalue weighted by Crippen LogP contribution is -1.92. The third-order valence-corrected chi connectivity index (χ3v) is 3.76. The number of nitrogens with zero attached hydrogens (tertiary/aromatic N) is 1. The van der Waals surface area contributed by atoms with Crippen LogP contribution in [-0.2, 0) is 0 Å². The standard InChI is InChI=1S/C12H5BrCl2FNO3/c13-9-4-11(15)12(5-10(9)14)20-8-2-6(16)1-7(3-8)17(18)19/h1-5H. The summed E-state index contributed by atoms with van der Waals surface area (Å²) < 4.78 is 19.2. The van der Waals surface area contributed by atoms with Crippen LogP contribution in [0, 0.1) is 15.9 Å². The molecule has 0 N–H and O–H groups in total. The SMILES string of the molecule is O=[N+]([O-])c1cc(F)cc(Oc2cc(Cl)c(Br)cc2Cl)c1. The summed E-state index contributed by atoms with van der Waals surface area (Å²) in [6.07, 6.45) is 0. The van der Waals surface area contributed by atoms with Gasteiger partial charge in [0.15, 0.2) is 0 Å². The molecule has 0 atom stereocenters. The van der Waals surface area contributed by atoms with Crippen molar-refractivity contribution >= 4 is 44.8 Å². The van der Waals surface area contributed by atoms with Crippen molar-refractivity contribution in [2.24, 2.45) is 0 Å². The summed E-state index contributed by atoms with van der Waals surface area (Å²) in [5.41, 5.74) is -0.417. The zero-order chi connectivity index (χ0) is 14.9. The average molecular weight is 381 g/mol. The zero-order valence-electron chi connectivity index (χ0n) is 9.57. The number of rotatable bonds is 3. The molecule has 20 heavy (non-hydrogen) atoms. The summed E-state index contributed by atoms with van der Waals surface area (Å²) >= 11 is 15.0. The molecule has 0 spiro atoms. The number of halogens is 4. The van der Waals surface area contributed by atoms with Crippen molar-refractivity contribution in [3.8, 4) is 11.5 Å². The fourth-order valence-corrected chi connectivity index (χ4v) is 2.25. The van der Waals surface area contributed by atoms with E-state index in [4.69, 9.17) is 27.9 Å². The Hall–Kier alpha value is -1.37. The van der Waals surface area contributed by atoms with Crippen LogP contribution in [0.3, 0.4) is 0 Å². The second-order valence-electron chi connectivity index (χ2n) is 3.70. The van der Waals surface area contributed by atoms with Gasteiger partial charge in [-0.3, -0.25) is 10.1 Å². The van der Waals surface area contributed by atoms with Crippen molar-refractivity contribution in [2.45, 2.75) is 0 Å². The van der Waals surface area contributed by atoms with E-state index < -0.39 is 16.4 Å². The predicted molar refractivity (Wildman–Crippen MR) is 77.3 cm³/mol. The molecular weight excluding hydrogens is 376 g/mol. The molecule has 0 amide bonds. The van der Waals surface area contributed by atoms with Gasteiger partial charge in [0.25, 0.3) is 5.69 Å². The van der Waals surface area contributed by atoms with Crippen LogP contribution in [0.15, 0.2) is 34.8 Å². The first-order chi connectivity index (χ1) is 9.36. The highest BCUT2D eigenvalue weighted by atomic mass is 79.9. The summed E-state index contributed by atoms with van der Waals surface area (Å²) in [5, 5.41) is 11.2. The van der Waals surface area contributed by atoms with Gasteiger partial charge in [-0.25, -0.2) is 4.39 Å². The van der Waals surface area contributed by atoms with E-state index in [-0.39, 0.29) is 16.5 Å². The Morgan fingerprint density at radius 2 is 1.85 bits per heavy atom. The molecule has 8 heteroatoms. The van der Waals surface area contributed by atoms with Gasteiger partial charge >= 0.3 is 0 Å². The Morgan fingerprint density at radius 3 is 2.50 bits per heavy atom. The number of benzene rings is 2. The topological polar surface area (TPSA) is 52.4 Å². The number of nitro benzene ring substituents is 1. The summed E-state index contributed by atoms with van der Waals surface area (Å²) in [6.45, 7) is 0. The number of hydrogen-bond donors (Lipinski definition) is 0. The third kappa shape index (κ3) is 3.39. The van der Waals surface area contributed by atoms with Crippen molar-refractivity contribution in [2.75, 3.05) is 0 Å². The quantitative estimate of drug-likeness (QED) is 0.396. The number of nitro groups is 1. The van der Waals surface area contributed by atoms with E-state index >= 15 is 0 Å². The molecule has 2 aromatic carbocycles. The maximum atomic E-state index is 13.3. The highest BCUT2D eigenvalue weighted by Gasteiger charge is 2.13. The van der Waals surface area contributed by atoms with Crippen LogP contribution in [0.1, 0.15) is 0 Å². The lowest BCUT2D eigenvalue weighted by molar-refractivity contribution is -0.385. The Bertz CT molecular complexity index is 697. The van der Waals surface area contributed by atoms with Gasteiger partial charge < -0.3 is 4.74 Å². The van der Waals surface area contributed by atoms with E-state index in [0.29, 0.717) is 9.50 Å². The highest BCUT2D eigenvalue weighted by molar-refractivity contribution is 9.10. The maximum Gasteiger partial charge on any atom is 0.276 e. The molecule has 4 nitrogen and oxygen atoms in total. The molecule has 0 fully saturated rings. The first-order valence-electron chi connectivity index (χ1n) is 5.14. The van der Waals surface area contributed by atoms with E-state index in [9.17, 15) is 14.5 Å². The van der Waals surface area contributed by atoms with E-state index in [1.807, 2.05) is 0 Å². The van der Waals surface area contributed by atoms with Crippen LogP contribution < -0.4 is 4.74 Å². The van der Waals surface area contributed by atoms with E-state index in [1.54, 1.807) is 0 Å². The fourth-order valence-electron chi connectivity index (χ4n) is 1.42. The lowest BCUT2D eigenvalue weighted by atomic mass is 10.3. The summed E-state index contributed by atoms with van der Waals surface area (Å²) in [5.74, 6) is -0.662. The van der Waals surface area contributed by atoms with Crippen molar-refractivity contribution in [1.29, 1.82) is 0 Å². The fraction of sp³-hybridized carbons (Fsp3) is 0. The smallest absolute Gasteiger partial charge is 0.276 e. The van der Waals surface area contributed by atoms with E-state index in [2.05, 4.69) is 15.9 Å². The second-order valence-corrected chi connectivity index (χ2v) is 5.37. The molecule has 0 unspecified atom stereocenters. The summed E-state index contributed by atoms with van der Waals surface area (Å²) in [6, 6.07) is 5.83. The van der Waals surface area contributed by atoms with Crippen molar-refractivity contribution in [3.05, 3.63) is 60.8 Å². The Kier molecular flexibility index (Phi) is 4.47. The van der Waals surface area contributed by atoms with Crippen LogP contribution in [0.5, 0.6) is 11.5 Å². The molecule has 0 aliphatic carbocycles. The molecule has 2 rings (SSSR count). The Labute approximate surface area is 131 Å². The molecule has 0 aromatic heterocycles. The molecule has 0 saturated heterocycles. The van der Waals surface area contributed by atoms with E-state index in [1.165, 1.54) is 12.1 Å². The monoisotopic (exact) mass is 379 g/mol. The zero-order valence-corrected chi connectivity index (χ0v) is 12.7. The molecule has 0 aliphatic rings. The van der Waals surface area contributed by atoms with Gasteiger partial charge in [-0.05, 0) is 22.0 Å². The van der Waals surface area contributed by atoms with Gasteiger partial charge in [0.05, 0.1) is 27.1 Å². The van der Waals surface area contributed by atoms with Gasteiger partial charge in [0, 0.05) is 16.6 Å². The number of hydrogen-bond acceptors (Lipinski definition) is 3. The molecular formula is C12H5BrCl2FNO3. The van der Waals surface area contributed by atoms with Gasteiger partial charge in [0.1, 0.15) is 17.3 Å². The van der Waals surface area contributed by atoms with Crippen LogP contribution in [-0.4, -0.2) is 4.92 Å². The highest BCUT2D eigenvalue weighted by Crippen LogP contribution is 2.37. The first-order valence-corrected chi connectivity index (χ1v) is 6.69. The molecule has 104 valence electrons. The van der Waals surface area contributed by atoms with Crippen molar-refractivity contribution < 1.29 is 14.1 Å². The number of non-ortho nitro benzene ring substituents is 1. The van der Waals surface area contributed by atoms with Crippen molar-refractivity contribution in [3.63, 3.8) is 0 Å². The average Bonchev–Trinajstić information content (AvgIpc) is 2.35. The van der Waals surface area contributed by atoms with Crippen LogP contribution >= 0.6 is 39.1 Å². The molecule has 0 aliphatic heterocycles. The number of ether oxygens (including phenoxy) is 1. The lowest BCUT2D eigenvalue weighted by Gasteiger charge is -2.09. The first kappa shape index (κ1) is 15.0. The van der Waals surface area contributed by atoms with Gasteiger partial charge in [-0.1, -0.05) is 23.2 Å². The molecule has 0 saturated carbocycles. The summed E-state index contributed by atoms with van der Waals surface area (Å²) in [4.78, 5) is 9.94. The predicted octanol–water partition coefficient (Wildman–Crippen LogP) is 5.60. The maximum absolute atomic E-state index is 13.3. The van der Waals surface area contributed by atoms with Crippen LogP contribution in [0.25, 0.3) is 0 Å². The normalized spacial score (nSPS) is 10.4. The van der Waals surface area contributed by atoms with Gasteiger partial charge in [-0.15, -0.1) is 0 Å². The van der Waals surface area contributed by atoms with E-state index in [0.717, 1.165) is 18.2 Å². The van der Waals surface area contributed by atoms with Gasteiger partial charge in [0.2, 0.25) is 0 Å². The molecule has 0 heterocycles.